The maximum atomic E-state index is 9.15. The molecule has 1 aliphatic carbocycles. The van der Waals surface area contributed by atoms with Gasteiger partial charge in [-0.15, -0.1) is 0 Å². The van der Waals surface area contributed by atoms with E-state index in [4.69, 9.17) is 5.11 Å². The van der Waals surface area contributed by atoms with Crippen molar-refractivity contribution in [2.24, 2.45) is 5.92 Å². The van der Waals surface area contributed by atoms with E-state index < -0.39 is 0 Å². The van der Waals surface area contributed by atoms with Crippen molar-refractivity contribution in [1.82, 2.24) is 9.80 Å². The zero-order chi connectivity index (χ0) is 11.5. The minimum atomic E-state index is 0.325. The van der Waals surface area contributed by atoms with Gasteiger partial charge in [0, 0.05) is 44.9 Å². The van der Waals surface area contributed by atoms with Crippen LogP contribution in [0.2, 0.25) is 0 Å². The molecule has 16 heavy (non-hydrogen) atoms. The van der Waals surface area contributed by atoms with E-state index in [9.17, 15) is 0 Å². The lowest BCUT2D eigenvalue weighted by molar-refractivity contribution is 0.0364. The van der Waals surface area contributed by atoms with Gasteiger partial charge < -0.3 is 10.0 Å². The first-order chi connectivity index (χ1) is 7.70. The molecule has 1 aliphatic heterocycles. The van der Waals surface area contributed by atoms with E-state index in [0.717, 1.165) is 18.9 Å². The van der Waals surface area contributed by atoms with Crippen molar-refractivity contribution in [3.05, 3.63) is 0 Å². The number of hydrogen-bond donors (Lipinski definition) is 1. The zero-order valence-corrected chi connectivity index (χ0v) is 10.7. The maximum Gasteiger partial charge on any atom is 0.0446 e. The van der Waals surface area contributed by atoms with Crippen LogP contribution in [-0.4, -0.2) is 59.8 Å². The topological polar surface area (TPSA) is 26.7 Å². The molecule has 1 heterocycles. The molecule has 2 fully saturated rings. The fraction of sp³-hybridized carbons (Fsp3) is 1.00. The second-order valence-corrected chi connectivity index (χ2v) is 5.70. The molecule has 1 N–H and O–H groups in total. The molecule has 3 nitrogen and oxygen atoms in total. The minimum absolute atomic E-state index is 0.325. The lowest BCUT2D eigenvalue weighted by Crippen LogP contribution is -2.55. The fourth-order valence-electron chi connectivity index (χ4n) is 2.85. The largest absolute Gasteiger partial charge is 0.396 e. The standard InChI is InChI=1S/C13H26N2O/c1-11(2)15-7-6-14(9-12-3-4-12)10-13(15)5-8-16/h11-13,16H,3-10H2,1-2H3/t13-/m0/s1. The lowest BCUT2D eigenvalue weighted by Gasteiger charge is -2.43. The first-order valence-electron chi connectivity index (χ1n) is 6.79. The van der Waals surface area contributed by atoms with Gasteiger partial charge in [0.05, 0.1) is 0 Å². The summed E-state index contributed by atoms with van der Waals surface area (Å²) in [7, 11) is 0. The van der Waals surface area contributed by atoms with Crippen molar-refractivity contribution < 1.29 is 5.11 Å². The molecule has 94 valence electrons. The summed E-state index contributed by atoms with van der Waals surface area (Å²) >= 11 is 0. The smallest absolute Gasteiger partial charge is 0.0446 e. The highest BCUT2D eigenvalue weighted by Gasteiger charge is 2.31. The van der Waals surface area contributed by atoms with Crippen molar-refractivity contribution in [3.8, 4) is 0 Å². The first kappa shape index (κ1) is 12.3. The molecule has 0 aromatic rings. The fourth-order valence-corrected chi connectivity index (χ4v) is 2.85. The maximum absolute atomic E-state index is 9.15. The Balaban J connectivity index is 1.85. The van der Waals surface area contributed by atoms with E-state index in [1.807, 2.05) is 0 Å². The Morgan fingerprint density at radius 1 is 1.25 bits per heavy atom. The second kappa shape index (κ2) is 5.48. The molecule has 1 saturated carbocycles. The molecule has 0 unspecified atom stereocenters. The molecular weight excluding hydrogens is 200 g/mol. The van der Waals surface area contributed by atoms with Crippen molar-refractivity contribution >= 4 is 0 Å². The third kappa shape index (κ3) is 3.19. The van der Waals surface area contributed by atoms with E-state index in [1.54, 1.807) is 0 Å². The Morgan fingerprint density at radius 3 is 2.56 bits per heavy atom. The van der Waals surface area contributed by atoms with Crippen LogP contribution in [0, 0.1) is 5.92 Å². The average Bonchev–Trinajstić information content (AvgIpc) is 3.02. The summed E-state index contributed by atoms with van der Waals surface area (Å²) < 4.78 is 0. The Kier molecular flexibility index (Phi) is 4.22. The monoisotopic (exact) mass is 226 g/mol. The highest BCUT2D eigenvalue weighted by molar-refractivity contribution is 4.86. The Labute approximate surface area is 99.4 Å². The van der Waals surface area contributed by atoms with Crippen molar-refractivity contribution in [1.29, 1.82) is 0 Å². The first-order valence-corrected chi connectivity index (χ1v) is 6.79. The van der Waals surface area contributed by atoms with Crippen LogP contribution in [0.4, 0.5) is 0 Å². The quantitative estimate of drug-likeness (QED) is 0.762. The molecule has 0 aromatic carbocycles. The van der Waals surface area contributed by atoms with E-state index in [0.29, 0.717) is 18.7 Å². The van der Waals surface area contributed by atoms with E-state index in [2.05, 4.69) is 23.6 Å². The summed E-state index contributed by atoms with van der Waals surface area (Å²) in [6.07, 6.45) is 3.81. The predicted molar refractivity (Wildman–Crippen MR) is 66.5 cm³/mol. The third-order valence-corrected chi connectivity index (χ3v) is 3.95. The van der Waals surface area contributed by atoms with Crippen LogP contribution in [0.15, 0.2) is 0 Å². The van der Waals surface area contributed by atoms with Crippen LogP contribution in [0.25, 0.3) is 0 Å². The molecule has 3 heteroatoms. The Morgan fingerprint density at radius 2 is 2.00 bits per heavy atom. The minimum Gasteiger partial charge on any atom is -0.396 e. The normalized spacial score (nSPS) is 28.9. The summed E-state index contributed by atoms with van der Waals surface area (Å²) in [4.78, 5) is 5.16. The highest BCUT2D eigenvalue weighted by Crippen LogP contribution is 2.30. The summed E-state index contributed by atoms with van der Waals surface area (Å²) in [5.41, 5.74) is 0. The van der Waals surface area contributed by atoms with Crippen molar-refractivity contribution in [2.45, 2.75) is 45.2 Å². The van der Waals surface area contributed by atoms with Gasteiger partial charge in [-0.1, -0.05) is 0 Å². The number of hydrogen-bond acceptors (Lipinski definition) is 3. The third-order valence-electron chi connectivity index (χ3n) is 3.95. The molecule has 0 spiro atoms. The van der Waals surface area contributed by atoms with Crippen LogP contribution < -0.4 is 0 Å². The van der Waals surface area contributed by atoms with Gasteiger partial charge in [0.1, 0.15) is 0 Å². The van der Waals surface area contributed by atoms with E-state index >= 15 is 0 Å². The highest BCUT2D eigenvalue weighted by atomic mass is 16.3. The molecule has 2 aliphatic rings. The molecule has 0 radical (unpaired) electrons. The van der Waals surface area contributed by atoms with Crippen molar-refractivity contribution in [3.63, 3.8) is 0 Å². The van der Waals surface area contributed by atoms with Gasteiger partial charge in [-0.05, 0) is 39.0 Å². The average molecular weight is 226 g/mol. The molecule has 1 atom stereocenters. The van der Waals surface area contributed by atoms with Gasteiger partial charge in [0.25, 0.3) is 0 Å². The number of rotatable bonds is 5. The van der Waals surface area contributed by atoms with Crippen molar-refractivity contribution in [2.75, 3.05) is 32.8 Å². The van der Waals surface area contributed by atoms with Crippen LogP contribution in [-0.2, 0) is 0 Å². The van der Waals surface area contributed by atoms with Crippen LogP contribution in [0.3, 0.4) is 0 Å². The van der Waals surface area contributed by atoms with E-state index in [1.165, 1.54) is 32.5 Å². The van der Waals surface area contributed by atoms with Gasteiger partial charge in [-0.2, -0.15) is 0 Å². The van der Waals surface area contributed by atoms with Gasteiger partial charge >= 0.3 is 0 Å². The van der Waals surface area contributed by atoms with Gasteiger partial charge in [0.15, 0.2) is 0 Å². The summed E-state index contributed by atoms with van der Waals surface area (Å²) in [6, 6.07) is 1.18. The van der Waals surface area contributed by atoms with Gasteiger partial charge in [0.2, 0.25) is 0 Å². The van der Waals surface area contributed by atoms with Crippen LogP contribution in [0.1, 0.15) is 33.1 Å². The molecule has 0 bridgehead atoms. The molecule has 0 amide bonds. The second-order valence-electron chi connectivity index (χ2n) is 5.70. The number of aliphatic hydroxyl groups excluding tert-OH is 1. The molecule has 0 aromatic heterocycles. The van der Waals surface area contributed by atoms with E-state index in [-0.39, 0.29) is 0 Å². The number of aliphatic hydroxyl groups is 1. The Hall–Kier alpha value is -0.120. The summed E-state index contributed by atoms with van der Waals surface area (Å²) in [6.45, 7) is 9.71. The number of nitrogens with zero attached hydrogens (tertiary/aromatic N) is 2. The zero-order valence-electron chi connectivity index (χ0n) is 10.7. The Bertz CT molecular complexity index is 216. The van der Waals surface area contributed by atoms with Crippen LogP contribution in [0.5, 0.6) is 0 Å². The van der Waals surface area contributed by atoms with Gasteiger partial charge in [-0.25, -0.2) is 0 Å². The molecule has 1 saturated heterocycles. The SMILES string of the molecule is CC(C)N1CCN(CC2CC2)C[C@@H]1CCO. The molecule has 2 rings (SSSR count). The molecular formula is C13H26N2O. The lowest BCUT2D eigenvalue weighted by atomic mass is 10.1. The van der Waals surface area contributed by atoms with Gasteiger partial charge in [-0.3, -0.25) is 4.90 Å². The number of piperazine rings is 1. The summed E-state index contributed by atoms with van der Waals surface area (Å²) in [5.74, 6) is 0.986. The van der Waals surface area contributed by atoms with Crippen LogP contribution >= 0.6 is 0 Å². The predicted octanol–water partition coefficient (Wildman–Crippen LogP) is 1.17. The summed E-state index contributed by atoms with van der Waals surface area (Å²) in [5, 5.41) is 9.15.